The van der Waals surface area contributed by atoms with Crippen molar-refractivity contribution in [3.63, 3.8) is 0 Å². The van der Waals surface area contributed by atoms with Crippen molar-refractivity contribution in [1.82, 2.24) is 5.32 Å². The zero-order valence-corrected chi connectivity index (χ0v) is 12.4. The van der Waals surface area contributed by atoms with Crippen molar-refractivity contribution in [2.24, 2.45) is 0 Å². The molecule has 0 unspecified atom stereocenters. The quantitative estimate of drug-likeness (QED) is 0.832. The molecule has 0 fully saturated rings. The summed E-state index contributed by atoms with van der Waals surface area (Å²) in [7, 11) is 1.54. The highest BCUT2D eigenvalue weighted by Gasteiger charge is 2.13. The lowest BCUT2D eigenvalue weighted by molar-refractivity contribution is 0.0948. The maximum Gasteiger partial charge on any atom is 0.255 e. The van der Waals surface area contributed by atoms with Crippen LogP contribution in [0.25, 0.3) is 0 Å². The third kappa shape index (κ3) is 3.11. The standard InChI is InChI=1S/C15H18N2O2S/c1-3-10-6-7-20-14(10)9-17-15(18)12-8-11(16)4-5-13(12)19-2/h4-8H,3,9,16H2,1-2H3,(H,17,18). The molecule has 0 atom stereocenters. The Bertz CT molecular complexity index is 608. The van der Waals surface area contributed by atoms with Crippen LogP contribution in [0.2, 0.25) is 0 Å². The number of carbonyl (C=O) groups is 1. The Kier molecular flexibility index (Phi) is 4.63. The van der Waals surface area contributed by atoms with E-state index in [0.717, 1.165) is 6.42 Å². The number of ether oxygens (including phenoxy) is 1. The van der Waals surface area contributed by atoms with E-state index in [4.69, 9.17) is 10.5 Å². The Morgan fingerprint density at radius 2 is 2.20 bits per heavy atom. The van der Waals surface area contributed by atoms with Gasteiger partial charge in [-0.2, -0.15) is 0 Å². The first kappa shape index (κ1) is 14.4. The van der Waals surface area contributed by atoms with E-state index in [1.807, 2.05) is 5.38 Å². The Balaban J connectivity index is 2.11. The van der Waals surface area contributed by atoms with Crippen molar-refractivity contribution in [1.29, 1.82) is 0 Å². The number of thiophene rings is 1. The molecule has 1 aromatic heterocycles. The molecule has 0 saturated carbocycles. The van der Waals surface area contributed by atoms with E-state index in [2.05, 4.69) is 18.3 Å². The average Bonchev–Trinajstić information content (AvgIpc) is 2.92. The Morgan fingerprint density at radius 3 is 2.90 bits per heavy atom. The number of nitrogen functional groups attached to an aromatic ring is 1. The predicted octanol–water partition coefficient (Wildman–Crippen LogP) is 2.83. The van der Waals surface area contributed by atoms with Crippen molar-refractivity contribution < 1.29 is 9.53 Å². The van der Waals surface area contributed by atoms with E-state index >= 15 is 0 Å². The van der Waals surface area contributed by atoms with E-state index in [9.17, 15) is 4.79 Å². The lowest BCUT2D eigenvalue weighted by Crippen LogP contribution is -2.23. The molecule has 0 aliphatic heterocycles. The molecule has 4 nitrogen and oxygen atoms in total. The van der Waals surface area contributed by atoms with Crippen LogP contribution in [0.1, 0.15) is 27.7 Å². The molecule has 1 heterocycles. The zero-order chi connectivity index (χ0) is 14.5. The summed E-state index contributed by atoms with van der Waals surface area (Å²) in [4.78, 5) is 13.4. The van der Waals surface area contributed by atoms with Crippen molar-refractivity contribution >= 4 is 22.9 Å². The summed E-state index contributed by atoms with van der Waals surface area (Å²) in [6.45, 7) is 2.63. The van der Waals surface area contributed by atoms with Gasteiger partial charge in [0, 0.05) is 10.6 Å². The van der Waals surface area contributed by atoms with Gasteiger partial charge in [-0.3, -0.25) is 4.79 Å². The fourth-order valence-corrected chi connectivity index (χ4v) is 2.91. The van der Waals surface area contributed by atoms with Gasteiger partial charge in [0.2, 0.25) is 0 Å². The van der Waals surface area contributed by atoms with Crippen LogP contribution >= 0.6 is 11.3 Å². The van der Waals surface area contributed by atoms with Gasteiger partial charge in [-0.1, -0.05) is 6.92 Å². The molecule has 20 heavy (non-hydrogen) atoms. The van der Waals surface area contributed by atoms with Crippen molar-refractivity contribution in [3.8, 4) is 5.75 Å². The molecule has 0 aliphatic rings. The van der Waals surface area contributed by atoms with E-state index in [1.54, 1.807) is 29.5 Å². The van der Waals surface area contributed by atoms with Gasteiger partial charge < -0.3 is 15.8 Å². The topological polar surface area (TPSA) is 64.4 Å². The summed E-state index contributed by atoms with van der Waals surface area (Å²) in [5, 5.41) is 4.96. The molecular weight excluding hydrogens is 272 g/mol. The number of aryl methyl sites for hydroxylation is 1. The molecule has 5 heteroatoms. The first-order valence-electron chi connectivity index (χ1n) is 6.42. The number of anilines is 1. The molecule has 0 saturated heterocycles. The fourth-order valence-electron chi connectivity index (χ4n) is 2.00. The van der Waals surface area contributed by atoms with Gasteiger partial charge in [0.15, 0.2) is 0 Å². The molecule has 1 amide bonds. The third-order valence-corrected chi connectivity index (χ3v) is 4.06. The molecule has 0 spiro atoms. The van der Waals surface area contributed by atoms with Crippen molar-refractivity contribution in [2.45, 2.75) is 19.9 Å². The number of rotatable bonds is 5. The van der Waals surface area contributed by atoms with Crippen molar-refractivity contribution in [2.75, 3.05) is 12.8 Å². The van der Waals surface area contributed by atoms with Crippen LogP contribution in [0.5, 0.6) is 5.75 Å². The largest absolute Gasteiger partial charge is 0.496 e. The van der Waals surface area contributed by atoms with E-state index in [0.29, 0.717) is 23.5 Å². The van der Waals surface area contributed by atoms with Gasteiger partial charge in [-0.25, -0.2) is 0 Å². The Labute approximate surface area is 122 Å². The van der Waals surface area contributed by atoms with Crippen molar-refractivity contribution in [3.05, 3.63) is 45.6 Å². The smallest absolute Gasteiger partial charge is 0.255 e. The highest BCUT2D eigenvalue weighted by molar-refractivity contribution is 7.10. The zero-order valence-electron chi connectivity index (χ0n) is 11.6. The maximum absolute atomic E-state index is 12.2. The lowest BCUT2D eigenvalue weighted by Gasteiger charge is -2.10. The van der Waals surface area contributed by atoms with Gasteiger partial charge in [0.25, 0.3) is 5.91 Å². The molecule has 2 rings (SSSR count). The minimum Gasteiger partial charge on any atom is -0.496 e. The minimum atomic E-state index is -0.176. The van der Waals surface area contributed by atoms with E-state index < -0.39 is 0 Å². The normalized spacial score (nSPS) is 10.3. The van der Waals surface area contributed by atoms with Crippen LogP contribution in [-0.4, -0.2) is 13.0 Å². The number of nitrogens with two attached hydrogens (primary N) is 1. The van der Waals surface area contributed by atoms with Gasteiger partial charge in [-0.05, 0) is 41.6 Å². The number of nitrogens with one attached hydrogen (secondary N) is 1. The molecule has 1 aromatic carbocycles. The summed E-state index contributed by atoms with van der Waals surface area (Å²) in [5.74, 6) is 0.350. The second-order valence-electron chi connectivity index (χ2n) is 4.36. The van der Waals surface area contributed by atoms with Crippen LogP contribution in [0.3, 0.4) is 0 Å². The maximum atomic E-state index is 12.2. The Morgan fingerprint density at radius 1 is 1.40 bits per heavy atom. The summed E-state index contributed by atoms with van der Waals surface area (Å²) in [6.07, 6.45) is 0.969. The predicted molar refractivity (Wildman–Crippen MR) is 82.3 cm³/mol. The molecule has 3 N–H and O–H groups in total. The van der Waals surface area contributed by atoms with Gasteiger partial charge in [0.1, 0.15) is 5.75 Å². The minimum absolute atomic E-state index is 0.176. The second kappa shape index (κ2) is 6.43. The van der Waals surface area contributed by atoms with Gasteiger partial charge in [0.05, 0.1) is 19.2 Å². The summed E-state index contributed by atoms with van der Waals surface area (Å²) >= 11 is 1.65. The van der Waals surface area contributed by atoms with Crippen LogP contribution in [0, 0.1) is 0 Å². The number of benzene rings is 1. The van der Waals surface area contributed by atoms with Crippen LogP contribution in [-0.2, 0) is 13.0 Å². The summed E-state index contributed by atoms with van der Waals surface area (Å²) in [6, 6.07) is 7.13. The monoisotopic (exact) mass is 290 g/mol. The molecular formula is C15H18N2O2S. The first-order valence-corrected chi connectivity index (χ1v) is 7.30. The molecule has 0 radical (unpaired) electrons. The van der Waals surface area contributed by atoms with Crippen LogP contribution < -0.4 is 15.8 Å². The number of hydrogen-bond acceptors (Lipinski definition) is 4. The highest BCUT2D eigenvalue weighted by Crippen LogP contribution is 2.22. The van der Waals surface area contributed by atoms with E-state index in [-0.39, 0.29) is 5.91 Å². The SMILES string of the molecule is CCc1ccsc1CNC(=O)c1cc(N)ccc1OC. The summed E-state index contributed by atoms with van der Waals surface area (Å²) in [5.41, 5.74) is 8.00. The molecule has 0 bridgehead atoms. The second-order valence-corrected chi connectivity index (χ2v) is 5.37. The van der Waals surface area contributed by atoms with Gasteiger partial charge >= 0.3 is 0 Å². The average molecular weight is 290 g/mol. The molecule has 2 aromatic rings. The Hall–Kier alpha value is -2.01. The van der Waals surface area contributed by atoms with Gasteiger partial charge in [-0.15, -0.1) is 11.3 Å². The molecule has 0 aliphatic carbocycles. The number of methoxy groups -OCH3 is 1. The lowest BCUT2D eigenvalue weighted by atomic mass is 10.1. The fraction of sp³-hybridized carbons (Fsp3) is 0.267. The number of carbonyl (C=O) groups excluding carboxylic acids is 1. The van der Waals surface area contributed by atoms with Crippen LogP contribution in [0.15, 0.2) is 29.6 Å². The molecule has 106 valence electrons. The summed E-state index contributed by atoms with van der Waals surface area (Å²) < 4.78 is 5.19. The number of amides is 1. The number of hydrogen-bond donors (Lipinski definition) is 2. The first-order chi connectivity index (χ1) is 9.65. The highest BCUT2D eigenvalue weighted by atomic mass is 32.1. The third-order valence-electron chi connectivity index (χ3n) is 3.10. The van der Waals surface area contributed by atoms with E-state index in [1.165, 1.54) is 17.6 Å². The van der Waals surface area contributed by atoms with Crippen LogP contribution in [0.4, 0.5) is 5.69 Å².